The summed E-state index contributed by atoms with van der Waals surface area (Å²) in [6, 6.07) is 5.75. The molecule has 156 valence electrons. The van der Waals surface area contributed by atoms with Crippen molar-refractivity contribution in [1.29, 1.82) is 0 Å². The fraction of sp³-hybridized carbons (Fsp3) is 0.682. The lowest BCUT2D eigenvalue weighted by Crippen LogP contribution is -2.52. The molecule has 1 atom stereocenters. The molecule has 6 heteroatoms. The highest BCUT2D eigenvalue weighted by Crippen LogP contribution is 2.31. The van der Waals surface area contributed by atoms with Crippen LogP contribution in [0.3, 0.4) is 0 Å². The first-order chi connectivity index (χ1) is 13.5. The van der Waals surface area contributed by atoms with Gasteiger partial charge in [0.1, 0.15) is 0 Å². The summed E-state index contributed by atoms with van der Waals surface area (Å²) in [6.07, 6.45) is 8.50. The maximum absolute atomic E-state index is 13.3. The predicted molar refractivity (Wildman–Crippen MR) is 117 cm³/mol. The SMILES string of the molecule is CC(NC(=O)N(CC1CCCCC1)C1CCN(C)CC1)c1cccc(Cl)c1Cl. The Kier molecular flexibility index (Phi) is 7.90. The first-order valence-corrected chi connectivity index (χ1v) is 11.4. The fourth-order valence-electron chi connectivity index (χ4n) is 4.55. The van der Waals surface area contributed by atoms with Crippen LogP contribution in [-0.4, -0.2) is 48.6 Å². The highest BCUT2D eigenvalue weighted by atomic mass is 35.5. The van der Waals surface area contributed by atoms with Crippen molar-refractivity contribution in [3.8, 4) is 0 Å². The highest BCUT2D eigenvalue weighted by molar-refractivity contribution is 6.42. The number of hydrogen-bond acceptors (Lipinski definition) is 2. The van der Waals surface area contributed by atoms with Gasteiger partial charge in [-0.25, -0.2) is 4.79 Å². The van der Waals surface area contributed by atoms with Crippen molar-refractivity contribution in [2.75, 3.05) is 26.7 Å². The summed E-state index contributed by atoms with van der Waals surface area (Å²) in [7, 11) is 2.16. The molecule has 3 rings (SSSR count). The van der Waals surface area contributed by atoms with Crippen LogP contribution in [0.4, 0.5) is 4.79 Å². The van der Waals surface area contributed by atoms with Gasteiger partial charge < -0.3 is 15.1 Å². The molecule has 1 aliphatic heterocycles. The summed E-state index contributed by atoms with van der Waals surface area (Å²) in [5, 5.41) is 4.24. The van der Waals surface area contributed by atoms with Crippen molar-refractivity contribution >= 4 is 29.2 Å². The lowest BCUT2D eigenvalue weighted by molar-refractivity contribution is 0.111. The minimum Gasteiger partial charge on any atom is -0.331 e. The number of amides is 2. The van der Waals surface area contributed by atoms with Gasteiger partial charge in [0.25, 0.3) is 0 Å². The van der Waals surface area contributed by atoms with Gasteiger partial charge in [0.2, 0.25) is 0 Å². The van der Waals surface area contributed by atoms with Gasteiger partial charge in [-0.3, -0.25) is 0 Å². The second kappa shape index (κ2) is 10.2. The fourth-order valence-corrected chi connectivity index (χ4v) is 5.02. The van der Waals surface area contributed by atoms with Crippen molar-refractivity contribution in [1.82, 2.24) is 15.1 Å². The molecule has 2 aliphatic rings. The lowest BCUT2D eigenvalue weighted by Gasteiger charge is -2.40. The van der Waals surface area contributed by atoms with Gasteiger partial charge in [-0.1, -0.05) is 54.6 Å². The number of urea groups is 1. The Hall–Kier alpha value is -0.970. The zero-order valence-electron chi connectivity index (χ0n) is 17.1. The average molecular weight is 426 g/mol. The summed E-state index contributed by atoms with van der Waals surface area (Å²) in [6.45, 7) is 4.95. The van der Waals surface area contributed by atoms with Crippen LogP contribution in [-0.2, 0) is 0 Å². The summed E-state index contributed by atoms with van der Waals surface area (Å²) < 4.78 is 0. The third-order valence-corrected chi connectivity index (χ3v) is 7.19. The zero-order valence-corrected chi connectivity index (χ0v) is 18.6. The second-order valence-electron chi connectivity index (χ2n) is 8.51. The Morgan fingerprint density at radius 1 is 1.18 bits per heavy atom. The molecule has 4 nitrogen and oxygen atoms in total. The van der Waals surface area contributed by atoms with E-state index >= 15 is 0 Å². The van der Waals surface area contributed by atoms with E-state index in [0.29, 0.717) is 22.0 Å². The van der Waals surface area contributed by atoms with E-state index in [1.165, 1.54) is 32.1 Å². The molecule has 1 heterocycles. The lowest BCUT2D eigenvalue weighted by atomic mass is 9.88. The number of nitrogens with one attached hydrogen (secondary N) is 1. The van der Waals surface area contributed by atoms with Gasteiger partial charge in [0.05, 0.1) is 16.1 Å². The molecule has 2 amide bonds. The molecule has 1 N–H and O–H groups in total. The summed E-state index contributed by atoms with van der Waals surface area (Å²) in [4.78, 5) is 17.8. The van der Waals surface area contributed by atoms with Crippen LogP contribution in [0.15, 0.2) is 18.2 Å². The molecule has 2 fully saturated rings. The van der Waals surface area contributed by atoms with Crippen molar-refractivity contribution < 1.29 is 4.79 Å². The van der Waals surface area contributed by atoms with Crippen molar-refractivity contribution in [2.45, 2.75) is 64.0 Å². The average Bonchev–Trinajstić information content (AvgIpc) is 2.69. The van der Waals surface area contributed by atoms with Gasteiger partial charge >= 0.3 is 6.03 Å². The Bertz CT molecular complexity index is 655. The van der Waals surface area contributed by atoms with Gasteiger partial charge in [-0.2, -0.15) is 0 Å². The monoisotopic (exact) mass is 425 g/mol. The molecular weight excluding hydrogens is 393 g/mol. The van der Waals surface area contributed by atoms with Gasteiger partial charge in [-0.05, 0) is 70.3 Å². The van der Waals surface area contributed by atoms with Crippen molar-refractivity contribution in [3.63, 3.8) is 0 Å². The number of halogens is 2. The molecule has 1 aromatic rings. The third-order valence-electron chi connectivity index (χ3n) is 6.36. The van der Waals surface area contributed by atoms with Crippen LogP contribution >= 0.6 is 23.2 Å². The van der Waals surface area contributed by atoms with Crippen LogP contribution in [0.5, 0.6) is 0 Å². The maximum Gasteiger partial charge on any atom is 0.318 e. The molecule has 0 aromatic heterocycles. The molecule has 1 saturated heterocycles. The Labute approximate surface area is 179 Å². The first-order valence-electron chi connectivity index (χ1n) is 10.6. The Morgan fingerprint density at radius 2 is 1.86 bits per heavy atom. The molecule has 0 spiro atoms. The predicted octanol–water partition coefficient (Wildman–Crippen LogP) is 5.74. The van der Waals surface area contributed by atoms with Crippen molar-refractivity contribution in [2.24, 2.45) is 5.92 Å². The molecular formula is C22H33Cl2N3O. The van der Waals surface area contributed by atoms with E-state index in [2.05, 4.69) is 22.2 Å². The minimum atomic E-state index is -0.182. The molecule has 1 saturated carbocycles. The first kappa shape index (κ1) is 21.7. The molecule has 0 bridgehead atoms. The Balaban J connectivity index is 1.70. The molecule has 1 aromatic carbocycles. The third kappa shape index (κ3) is 5.55. The van der Waals surface area contributed by atoms with E-state index in [9.17, 15) is 4.79 Å². The van der Waals surface area contributed by atoms with Gasteiger partial charge in [-0.15, -0.1) is 0 Å². The number of benzene rings is 1. The van der Waals surface area contributed by atoms with Gasteiger partial charge in [0.15, 0.2) is 0 Å². The largest absolute Gasteiger partial charge is 0.331 e. The van der Waals surface area contributed by atoms with Crippen LogP contribution in [0, 0.1) is 5.92 Å². The van der Waals surface area contributed by atoms with Crippen LogP contribution < -0.4 is 5.32 Å². The van der Waals surface area contributed by atoms with Crippen molar-refractivity contribution in [3.05, 3.63) is 33.8 Å². The van der Waals surface area contributed by atoms with E-state index in [-0.39, 0.29) is 12.1 Å². The topological polar surface area (TPSA) is 35.6 Å². The van der Waals surface area contributed by atoms with E-state index in [1.54, 1.807) is 6.07 Å². The smallest absolute Gasteiger partial charge is 0.318 e. The highest BCUT2D eigenvalue weighted by Gasteiger charge is 2.30. The molecule has 0 radical (unpaired) electrons. The number of nitrogens with zero attached hydrogens (tertiary/aromatic N) is 2. The number of carbonyl (C=O) groups is 1. The van der Waals surface area contributed by atoms with Crippen LogP contribution in [0.25, 0.3) is 0 Å². The van der Waals surface area contributed by atoms with E-state index in [0.717, 1.165) is 38.0 Å². The molecule has 1 unspecified atom stereocenters. The van der Waals surface area contributed by atoms with E-state index < -0.39 is 0 Å². The van der Waals surface area contributed by atoms with Crippen LogP contribution in [0.1, 0.15) is 63.5 Å². The number of likely N-dealkylation sites (tertiary alicyclic amines) is 1. The summed E-state index contributed by atoms with van der Waals surface area (Å²) >= 11 is 12.5. The van der Waals surface area contributed by atoms with E-state index in [4.69, 9.17) is 23.2 Å². The number of piperidine rings is 1. The number of rotatable bonds is 5. The second-order valence-corrected chi connectivity index (χ2v) is 9.29. The van der Waals surface area contributed by atoms with E-state index in [1.807, 2.05) is 19.1 Å². The van der Waals surface area contributed by atoms with Gasteiger partial charge in [0, 0.05) is 12.6 Å². The summed E-state index contributed by atoms with van der Waals surface area (Å²) in [5.74, 6) is 0.629. The Morgan fingerprint density at radius 3 is 2.54 bits per heavy atom. The quantitative estimate of drug-likeness (QED) is 0.652. The normalized spacial score (nSPS) is 20.7. The zero-order chi connectivity index (χ0) is 20.1. The minimum absolute atomic E-state index is 0.0312. The van der Waals surface area contributed by atoms with Crippen LogP contribution in [0.2, 0.25) is 10.0 Å². The number of hydrogen-bond donors (Lipinski definition) is 1. The molecule has 1 aliphatic carbocycles. The summed E-state index contributed by atoms with van der Waals surface area (Å²) in [5.41, 5.74) is 0.864. The number of carbonyl (C=O) groups excluding carboxylic acids is 1. The maximum atomic E-state index is 13.3. The standard InChI is InChI=1S/C22H33Cl2N3O/c1-16(19-9-6-10-20(23)21(19)24)25-22(28)27(15-17-7-4-3-5-8-17)18-11-13-26(2)14-12-18/h6,9-10,16-18H,3-5,7-8,11-15H2,1-2H3,(H,25,28). The molecule has 28 heavy (non-hydrogen) atoms.